The van der Waals surface area contributed by atoms with E-state index in [1.54, 1.807) is 0 Å². The third-order valence-corrected chi connectivity index (χ3v) is 3.11. The van der Waals surface area contributed by atoms with Gasteiger partial charge in [0.25, 0.3) is 5.69 Å². The Bertz CT molecular complexity index is 557. The average Bonchev–Trinajstić information content (AvgIpc) is 2.37. The summed E-state index contributed by atoms with van der Waals surface area (Å²) in [6, 6.07) is 2.44. The first-order valence-corrected chi connectivity index (χ1v) is 5.96. The van der Waals surface area contributed by atoms with Crippen LogP contribution >= 0.6 is 0 Å². The van der Waals surface area contributed by atoms with Gasteiger partial charge < -0.3 is 4.90 Å². The van der Waals surface area contributed by atoms with Crippen molar-refractivity contribution < 1.29 is 22.9 Å². The Morgan fingerprint density at radius 2 is 1.95 bits per heavy atom. The zero-order valence-corrected chi connectivity index (χ0v) is 10.3. The number of hydrogen-bond donors (Lipinski definition) is 0. The predicted octanol–water partition coefficient (Wildman–Crippen LogP) is 3.13. The van der Waals surface area contributed by atoms with Crippen LogP contribution in [0.3, 0.4) is 0 Å². The van der Waals surface area contributed by atoms with Gasteiger partial charge >= 0.3 is 6.18 Å². The van der Waals surface area contributed by atoms with Crippen molar-refractivity contribution in [2.45, 2.75) is 25.4 Å². The maximum absolute atomic E-state index is 13.0. The first kappa shape index (κ1) is 14.3. The smallest absolute Gasteiger partial charge is 0.312 e. The van der Waals surface area contributed by atoms with Gasteiger partial charge in [-0.1, -0.05) is 0 Å². The van der Waals surface area contributed by atoms with Crippen molar-refractivity contribution in [2.24, 2.45) is 0 Å². The van der Waals surface area contributed by atoms with Gasteiger partial charge in [0.05, 0.1) is 16.2 Å². The highest BCUT2D eigenvalue weighted by molar-refractivity contribution is 5.95. The van der Waals surface area contributed by atoms with Crippen LogP contribution in [-0.4, -0.2) is 17.4 Å². The largest absolute Gasteiger partial charge is 0.418 e. The van der Waals surface area contributed by atoms with Gasteiger partial charge in [-0.25, -0.2) is 0 Å². The number of nitro groups is 1. The first-order valence-electron chi connectivity index (χ1n) is 5.96. The number of alkyl halides is 3. The van der Waals surface area contributed by atoms with E-state index in [4.69, 9.17) is 0 Å². The molecule has 5 nitrogen and oxygen atoms in total. The molecular weight excluding hydrogens is 277 g/mol. The summed E-state index contributed by atoms with van der Waals surface area (Å²) in [7, 11) is 0. The second-order valence-electron chi connectivity index (χ2n) is 4.46. The molecule has 2 rings (SSSR count). The molecule has 8 heteroatoms. The van der Waals surface area contributed by atoms with Crippen molar-refractivity contribution in [1.29, 1.82) is 0 Å². The molecule has 1 saturated heterocycles. The highest BCUT2D eigenvalue weighted by Gasteiger charge is 2.38. The fraction of sp³-hybridized carbons (Fsp3) is 0.417. The highest BCUT2D eigenvalue weighted by Crippen LogP contribution is 2.39. The third kappa shape index (κ3) is 2.73. The van der Waals surface area contributed by atoms with Crippen LogP contribution in [-0.2, 0) is 11.0 Å². The van der Waals surface area contributed by atoms with Crippen LogP contribution < -0.4 is 4.90 Å². The number of hydrogen-bond acceptors (Lipinski definition) is 3. The number of anilines is 1. The van der Waals surface area contributed by atoms with Crippen LogP contribution in [0.5, 0.6) is 0 Å². The molecule has 108 valence electrons. The van der Waals surface area contributed by atoms with Crippen molar-refractivity contribution in [3.63, 3.8) is 0 Å². The quantitative estimate of drug-likeness (QED) is 0.620. The van der Waals surface area contributed by atoms with E-state index >= 15 is 0 Å². The Morgan fingerprint density at radius 3 is 2.50 bits per heavy atom. The second kappa shape index (κ2) is 5.10. The van der Waals surface area contributed by atoms with E-state index in [0.717, 1.165) is 17.0 Å². The summed E-state index contributed by atoms with van der Waals surface area (Å²) in [4.78, 5) is 22.5. The number of non-ortho nitro benzene ring substituents is 1. The van der Waals surface area contributed by atoms with Gasteiger partial charge in [0.2, 0.25) is 5.91 Å². The molecule has 20 heavy (non-hydrogen) atoms. The summed E-state index contributed by atoms with van der Waals surface area (Å²) in [5, 5.41) is 10.6. The number of halogens is 3. The number of carbonyl (C=O) groups is 1. The molecular formula is C12H11F3N2O3. The monoisotopic (exact) mass is 288 g/mol. The molecule has 0 aliphatic carbocycles. The van der Waals surface area contributed by atoms with E-state index < -0.39 is 28.3 Å². The lowest BCUT2D eigenvalue weighted by atomic mass is 10.1. The lowest BCUT2D eigenvalue weighted by Crippen LogP contribution is -2.36. The summed E-state index contributed by atoms with van der Waals surface area (Å²) in [6.45, 7) is 0.194. The molecule has 0 N–H and O–H groups in total. The number of rotatable bonds is 2. The van der Waals surface area contributed by atoms with Crippen molar-refractivity contribution in [3.05, 3.63) is 33.9 Å². The molecule has 0 aromatic heterocycles. The van der Waals surface area contributed by atoms with Gasteiger partial charge in [-0.2, -0.15) is 13.2 Å². The molecule has 0 atom stereocenters. The zero-order valence-electron chi connectivity index (χ0n) is 10.3. The Hall–Kier alpha value is -2.12. The number of amides is 1. The van der Waals surface area contributed by atoms with E-state index in [9.17, 15) is 28.1 Å². The fourth-order valence-electron chi connectivity index (χ4n) is 2.16. The van der Waals surface area contributed by atoms with Crippen molar-refractivity contribution in [3.8, 4) is 0 Å². The van der Waals surface area contributed by atoms with Gasteiger partial charge in [-0.3, -0.25) is 14.9 Å². The van der Waals surface area contributed by atoms with Crippen LogP contribution in [0.1, 0.15) is 24.8 Å². The lowest BCUT2D eigenvalue weighted by Gasteiger charge is -2.29. The molecule has 1 aliphatic rings. The molecule has 1 heterocycles. The van der Waals surface area contributed by atoms with Crippen LogP contribution in [0.4, 0.5) is 24.5 Å². The molecule has 1 aromatic carbocycles. The van der Waals surface area contributed by atoms with Gasteiger partial charge in [-0.05, 0) is 18.9 Å². The molecule has 1 aromatic rings. The SMILES string of the molecule is O=C1CCCCN1c1ccc([N+](=O)[O-])cc1C(F)(F)F. The number of piperidine rings is 1. The standard InChI is InChI=1S/C12H11F3N2O3/c13-12(14,15)9-7-8(17(19)20)4-5-10(9)16-6-2-1-3-11(16)18/h4-5,7H,1-3,6H2. The van der Waals surface area contributed by atoms with E-state index in [1.807, 2.05) is 0 Å². The topological polar surface area (TPSA) is 63.5 Å². The minimum atomic E-state index is -4.75. The Morgan fingerprint density at radius 1 is 1.25 bits per heavy atom. The summed E-state index contributed by atoms with van der Waals surface area (Å²) in [5.41, 5.74) is -2.11. The van der Waals surface area contributed by atoms with E-state index in [-0.39, 0.29) is 18.7 Å². The maximum Gasteiger partial charge on any atom is 0.418 e. The van der Waals surface area contributed by atoms with Crippen molar-refractivity contribution >= 4 is 17.3 Å². The van der Waals surface area contributed by atoms with Crippen LogP contribution in [0.2, 0.25) is 0 Å². The zero-order chi connectivity index (χ0) is 14.9. The van der Waals surface area contributed by atoms with Gasteiger partial charge in [0.15, 0.2) is 0 Å². The molecule has 0 bridgehead atoms. The van der Waals surface area contributed by atoms with Crippen molar-refractivity contribution in [1.82, 2.24) is 0 Å². The summed E-state index contributed by atoms with van der Waals surface area (Å²) >= 11 is 0. The third-order valence-electron chi connectivity index (χ3n) is 3.11. The number of benzene rings is 1. The molecule has 1 amide bonds. The van der Waals surface area contributed by atoms with Gasteiger partial charge in [-0.15, -0.1) is 0 Å². The summed E-state index contributed by atoms with van der Waals surface area (Å²) in [5.74, 6) is -0.393. The first-order chi connectivity index (χ1) is 9.30. The molecule has 0 radical (unpaired) electrons. The highest BCUT2D eigenvalue weighted by atomic mass is 19.4. The summed E-state index contributed by atoms with van der Waals surface area (Å²) < 4.78 is 39.0. The Kier molecular flexibility index (Phi) is 3.65. The predicted molar refractivity (Wildman–Crippen MR) is 64.3 cm³/mol. The second-order valence-corrected chi connectivity index (χ2v) is 4.46. The number of nitrogens with zero attached hydrogens (tertiary/aromatic N) is 2. The van der Waals surface area contributed by atoms with E-state index in [1.165, 1.54) is 0 Å². The molecule has 1 fully saturated rings. The molecule has 0 saturated carbocycles. The van der Waals surface area contributed by atoms with Gasteiger partial charge in [0.1, 0.15) is 0 Å². The van der Waals surface area contributed by atoms with Gasteiger partial charge in [0, 0.05) is 25.1 Å². The summed E-state index contributed by atoms with van der Waals surface area (Å²) in [6.07, 6.45) is -3.31. The lowest BCUT2D eigenvalue weighted by molar-refractivity contribution is -0.385. The average molecular weight is 288 g/mol. The van der Waals surface area contributed by atoms with Crippen LogP contribution in [0.15, 0.2) is 18.2 Å². The van der Waals surface area contributed by atoms with E-state index in [2.05, 4.69) is 0 Å². The number of carbonyl (C=O) groups excluding carboxylic acids is 1. The molecule has 1 aliphatic heterocycles. The van der Waals surface area contributed by atoms with Crippen LogP contribution in [0.25, 0.3) is 0 Å². The molecule has 0 spiro atoms. The normalized spacial score (nSPS) is 16.4. The fourth-order valence-corrected chi connectivity index (χ4v) is 2.16. The van der Waals surface area contributed by atoms with E-state index in [0.29, 0.717) is 18.9 Å². The Balaban J connectivity index is 2.51. The number of nitro benzene ring substituents is 1. The maximum atomic E-state index is 13.0. The Labute approximate surface area is 112 Å². The minimum absolute atomic E-state index is 0.189. The molecule has 0 unspecified atom stereocenters. The van der Waals surface area contributed by atoms with Crippen LogP contribution in [0, 0.1) is 10.1 Å². The minimum Gasteiger partial charge on any atom is -0.312 e. The van der Waals surface area contributed by atoms with Crippen molar-refractivity contribution in [2.75, 3.05) is 11.4 Å².